The first-order valence-corrected chi connectivity index (χ1v) is 9.28. The number of rotatable bonds is 5. The predicted octanol–water partition coefficient (Wildman–Crippen LogP) is 0.0860. The lowest BCUT2D eigenvalue weighted by molar-refractivity contribution is -0.126. The van der Waals surface area contributed by atoms with E-state index in [1.165, 1.54) is 0 Å². The Morgan fingerprint density at radius 1 is 1.40 bits per heavy atom. The Bertz CT molecular complexity index is 358. The van der Waals surface area contributed by atoms with Gasteiger partial charge in [0.2, 0.25) is 5.91 Å². The molecule has 0 saturated carbocycles. The number of nitrogens with zero attached hydrogens (tertiary/aromatic N) is 1. The fraction of sp³-hybridized carbons (Fsp3) is 0.929. The van der Waals surface area contributed by atoms with Crippen LogP contribution in [0.5, 0.6) is 0 Å². The minimum Gasteiger partial charge on any atom is -0.354 e. The number of carbonyl (C=O) groups excluding carboxylic acids is 1. The van der Waals surface area contributed by atoms with Gasteiger partial charge in [0.1, 0.15) is 0 Å². The maximum Gasteiger partial charge on any atom is 0.237 e. The van der Waals surface area contributed by atoms with Crippen LogP contribution in [-0.2, 0) is 15.6 Å². The van der Waals surface area contributed by atoms with Crippen LogP contribution in [0.15, 0.2) is 0 Å². The van der Waals surface area contributed by atoms with Gasteiger partial charge in [0.25, 0.3) is 0 Å². The van der Waals surface area contributed by atoms with E-state index in [9.17, 15) is 9.00 Å². The van der Waals surface area contributed by atoms with Crippen LogP contribution in [0.3, 0.4) is 0 Å². The van der Waals surface area contributed by atoms with Crippen molar-refractivity contribution in [1.82, 2.24) is 15.5 Å². The minimum atomic E-state index is -0.878. The van der Waals surface area contributed by atoms with Crippen LogP contribution in [-0.4, -0.2) is 64.8 Å². The fourth-order valence-electron chi connectivity index (χ4n) is 3.13. The summed E-state index contributed by atoms with van der Waals surface area (Å²) in [6.45, 7) is 5.58. The van der Waals surface area contributed by atoms with Crippen LogP contribution >= 0.6 is 0 Å². The quantitative estimate of drug-likeness (QED) is 0.755. The molecule has 1 amide bonds. The smallest absolute Gasteiger partial charge is 0.237 e. The minimum absolute atomic E-state index is 0.0210. The van der Waals surface area contributed by atoms with E-state index in [0.717, 1.165) is 45.3 Å². The standard InChI is InChI=1S/C14H27N3O2S/c1-11(20(2)19)10-16-14(18)13-4-3-9-17(13)12-5-7-15-8-6-12/h11-13,15H,3-10H2,1-2H3,(H,16,18). The Balaban J connectivity index is 1.86. The van der Waals surface area contributed by atoms with Crippen molar-refractivity contribution >= 4 is 16.7 Å². The van der Waals surface area contributed by atoms with E-state index in [-0.39, 0.29) is 17.2 Å². The molecule has 0 bridgehead atoms. The van der Waals surface area contributed by atoms with Gasteiger partial charge in [-0.05, 0) is 52.2 Å². The normalized spacial score (nSPS) is 28.2. The van der Waals surface area contributed by atoms with Crippen LogP contribution in [0.1, 0.15) is 32.6 Å². The van der Waals surface area contributed by atoms with E-state index >= 15 is 0 Å². The summed E-state index contributed by atoms with van der Waals surface area (Å²) in [5.74, 6) is 0.123. The maximum atomic E-state index is 12.4. The fourth-order valence-corrected chi connectivity index (χ4v) is 3.44. The molecule has 2 saturated heterocycles. The van der Waals surface area contributed by atoms with Crippen LogP contribution in [0.25, 0.3) is 0 Å². The van der Waals surface area contributed by atoms with Crippen LogP contribution in [0.2, 0.25) is 0 Å². The second-order valence-electron chi connectivity index (χ2n) is 5.93. The van der Waals surface area contributed by atoms with Gasteiger partial charge in [0.15, 0.2) is 0 Å². The Hall–Kier alpha value is -0.460. The summed E-state index contributed by atoms with van der Waals surface area (Å²) >= 11 is 0. The molecule has 0 aromatic rings. The van der Waals surface area contributed by atoms with Gasteiger partial charge >= 0.3 is 0 Å². The largest absolute Gasteiger partial charge is 0.354 e. The average molecular weight is 301 g/mol. The van der Waals surface area contributed by atoms with E-state index in [0.29, 0.717) is 12.6 Å². The number of carbonyl (C=O) groups is 1. The molecule has 6 heteroatoms. The van der Waals surface area contributed by atoms with Crippen LogP contribution in [0.4, 0.5) is 0 Å². The van der Waals surface area contributed by atoms with Gasteiger partial charge in [-0.15, -0.1) is 0 Å². The highest BCUT2D eigenvalue weighted by molar-refractivity contribution is 7.84. The summed E-state index contributed by atoms with van der Waals surface area (Å²) < 4.78 is 11.3. The number of hydrogen-bond donors (Lipinski definition) is 2. The molecule has 3 unspecified atom stereocenters. The van der Waals surface area contributed by atoms with E-state index in [1.807, 2.05) is 6.92 Å². The number of nitrogens with one attached hydrogen (secondary N) is 2. The van der Waals surface area contributed by atoms with E-state index in [2.05, 4.69) is 15.5 Å². The molecule has 2 fully saturated rings. The predicted molar refractivity (Wildman–Crippen MR) is 82.2 cm³/mol. The molecule has 2 N–H and O–H groups in total. The molecule has 0 radical (unpaired) electrons. The first-order chi connectivity index (χ1) is 9.59. The lowest BCUT2D eigenvalue weighted by atomic mass is 10.0. The van der Waals surface area contributed by atoms with Crippen molar-refractivity contribution in [2.24, 2.45) is 0 Å². The molecule has 2 aliphatic heterocycles. The van der Waals surface area contributed by atoms with Gasteiger partial charge in [-0.3, -0.25) is 13.9 Å². The molecule has 2 aliphatic rings. The van der Waals surface area contributed by atoms with E-state index < -0.39 is 10.8 Å². The lowest BCUT2D eigenvalue weighted by Crippen LogP contribution is -2.51. The monoisotopic (exact) mass is 301 g/mol. The summed E-state index contributed by atoms with van der Waals surface area (Å²) in [5.41, 5.74) is 0. The summed E-state index contributed by atoms with van der Waals surface area (Å²) in [5, 5.41) is 6.38. The topological polar surface area (TPSA) is 61.4 Å². The molecule has 3 atom stereocenters. The molecule has 0 aromatic carbocycles. The zero-order valence-electron chi connectivity index (χ0n) is 12.6. The number of piperidine rings is 1. The molecule has 0 aliphatic carbocycles. The SMILES string of the molecule is CC(CNC(=O)C1CCCN1C1CCNCC1)S(C)=O. The van der Waals surface area contributed by atoms with Gasteiger partial charge in [-0.2, -0.15) is 0 Å². The van der Waals surface area contributed by atoms with Crippen molar-refractivity contribution in [3.8, 4) is 0 Å². The van der Waals surface area contributed by atoms with E-state index in [4.69, 9.17) is 0 Å². The third-order valence-corrected chi connectivity index (χ3v) is 5.80. The zero-order valence-corrected chi connectivity index (χ0v) is 13.4. The average Bonchev–Trinajstić information content (AvgIpc) is 2.94. The molecule has 2 heterocycles. The first-order valence-electron chi connectivity index (χ1n) is 7.66. The maximum absolute atomic E-state index is 12.4. The van der Waals surface area contributed by atoms with Crippen LogP contribution in [0, 0.1) is 0 Å². The number of amides is 1. The van der Waals surface area contributed by atoms with Crippen molar-refractivity contribution in [1.29, 1.82) is 0 Å². The first kappa shape index (κ1) is 15.9. The molecule has 116 valence electrons. The lowest BCUT2D eigenvalue weighted by Gasteiger charge is -2.35. The van der Waals surface area contributed by atoms with Crippen molar-refractivity contribution in [2.45, 2.75) is 49.9 Å². The van der Waals surface area contributed by atoms with Gasteiger partial charge in [0, 0.05) is 34.9 Å². The summed E-state index contributed by atoms with van der Waals surface area (Å²) in [6, 6.07) is 0.572. The van der Waals surface area contributed by atoms with Gasteiger partial charge in [-0.25, -0.2) is 0 Å². The van der Waals surface area contributed by atoms with Gasteiger partial charge in [0.05, 0.1) is 6.04 Å². The van der Waals surface area contributed by atoms with Crippen molar-refractivity contribution in [3.05, 3.63) is 0 Å². The van der Waals surface area contributed by atoms with E-state index in [1.54, 1.807) is 6.26 Å². The highest BCUT2D eigenvalue weighted by Crippen LogP contribution is 2.24. The summed E-state index contributed by atoms with van der Waals surface area (Å²) in [6.07, 6.45) is 6.03. The third kappa shape index (κ3) is 4.02. The molecular formula is C14H27N3O2S. The molecule has 20 heavy (non-hydrogen) atoms. The highest BCUT2D eigenvalue weighted by atomic mass is 32.2. The van der Waals surface area contributed by atoms with Gasteiger partial charge < -0.3 is 10.6 Å². The Kier molecular flexibility index (Phi) is 5.99. The summed E-state index contributed by atoms with van der Waals surface area (Å²) in [4.78, 5) is 14.8. The van der Waals surface area contributed by atoms with Crippen LogP contribution < -0.4 is 10.6 Å². The molecule has 0 spiro atoms. The zero-order chi connectivity index (χ0) is 14.5. The molecule has 5 nitrogen and oxygen atoms in total. The van der Waals surface area contributed by atoms with Crippen molar-refractivity contribution in [3.63, 3.8) is 0 Å². The molecular weight excluding hydrogens is 274 g/mol. The second kappa shape index (κ2) is 7.52. The summed E-state index contributed by atoms with van der Waals surface area (Å²) in [7, 11) is -0.878. The molecule has 0 aromatic heterocycles. The van der Waals surface area contributed by atoms with Gasteiger partial charge in [-0.1, -0.05) is 0 Å². The second-order valence-corrected chi connectivity index (χ2v) is 7.73. The number of hydrogen-bond acceptors (Lipinski definition) is 4. The third-order valence-electron chi connectivity index (χ3n) is 4.50. The highest BCUT2D eigenvalue weighted by Gasteiger charge is 2.35. The Labute approximate surface area is 124 Å². The van der Waals surface area contributed by atoms with Crippen molar-refractivity contribution in [2.75, 3.05) is 32.4 Å². The number of likely N-dealkylation sites (tertiary alicyclic amines) is 1. The van der Waals surface area contributed by atoms with Crippen molar-refractivity contribution < 1.29 is 9.00 Å². The Morgan fingerprint density at radius 3 is 2.75 bits per heavy atom. The Morgan fingerprint density at radius 2 is 2.10 bits per heavy atom. The molecule has 2 rings (SSSR count).